The summed E-state index contributed by atoms with van der Waals surface area (Å²) in [6.07, 6.45) is 3.07. The summed E-state index contributed by atoms with van der Waals surface area (Å²) in [6.45, 7) is 3.71. The lowest BCUT2D eigenvalue weighted by molar-refractivity contribution is 0.0528. The zero-order valence-corrected chi connectivity index (χ0v) is 12.6. The Morgan fingerprint density at radius 1 is 1.39 bits per heavy atom. The van der Waals surface area contributed by atoms with Crippen molar-refractivity contribution >= 4 is 23.1 Å². The molecule has 0 saturated heterocycles. The predicted molar refractivity (Wildman–Crippen MR) is 80.3 cm³/mol. The number of aromatic nitrogens is 3. The van der Waals surface area contributed by atoms with Gasteiger partial charge in [-0.05, 0) is 26.0 Å². The molecule has 0 aliphatic heterocycles. The summed E-state index contributed by atoms with van der Waals surface area (Å²) in [4.78, 5) is 24.0. The average molecular weight is 314 g/mol. The van der Waals surface area contributed by atoms with E-state index in [1.807, 2.05) is 0 Å². The molecule has 1 N–H and O–H groups in total. The molecule has 0 unspecified atom stereocenters. The van der Waals surface area contributed by atoms with Crippen LogP contribution in [0.15, 0.2) is 35.1 Å². The van der Waals surface area contributed by atoms with E-state index < -0.39 is 11.9 Å². The number of nitrogens with zero attached hydrogens (tertiary/aromatic N) is 3. The molecule has 8 nitrogen and oxygen atoms in total. The molecule has 8 heteroatoms. The summed E-state index contributed by atoms with van der Waals surface area (Å²) >= 11 is 0. The molecule has 0 aliphatic rings. The first-order valence-electron chi connectivity index (χ1n) is 6.97. The zero-order valence-electron chi connectivity index (χ0n) is 12.6. The van der Waals surface area contributed by atoms with Crippen LogP contribution in [0.1, 0.15) is 33.5 Å². The van der Waals surface area contributed by atoms with E-state index in [9.17, 15) is 9.59 Å². The molecule has 0 aromatic carbocycles. The van der Waals surface area contributed by atoms with Gasteiger partial charge in [0.2, 0.25) is 0 Å². The van der Waals surface area contributed by atoms with Gasteiger partial charge in [0.1, 0.15) is 11.3 Å². The third-order valence-corrected chi connectivity index (χ3v) is 3.14. The first-order chi connectivity index (χ1) is 11.1. The second kappa shape index (κ2) is 5.91. The van der Waals surface area contributed by atoms with Crippen molar-refractivity contribution in [2.45, 2.75) is 13.8 Å². The predicted octanol–water partition coefficient (Wildman–Crippen LogP) is 2.06. The molecule has 3 rings (SSSR count). The SMILES string of the molecule is CCOC(=O)c1cnn2ccc(NC(=O)c3cc(C)on3)cc12. The number of fused-ring (bicyclic) bond motifs is 1. The maximum atomic E-state index is 12.1. The number of ether oxygens (including phenoxy) is 1. The van der Waals surface area contributed by atoms with E-state index in [0.717, 1.165) is 0 Å². The fraction of sp³-hybridized carbons (Fsp3) is 0.200. The number of hydrogen-bond donors (Lipinski definition) is 1. The average Bonchev–Trinajstić information content (AvgIpc) is 3.13. The molecule has 0 aliphatic carbocycles. The zero-order chi connectivity index (χ0) is 16.4. The molecule has 0 bridgehead atoms. The highest BCUT2D eigenvalue weighted by atomic mass is 16.5. The summed E-state index contributed by atoms with van der Waals surface area (Å²) in [5, 5.41) is 10.4. The van der Waals surface area contributed by atoms with Gasteiger partial charge in [0.15, 0.2) is 5.69 Å². The van der Waals surface area contributed by atoms with Crippen molar-refractivity contribution < 1.29 is 18.8 Å². The first kappa shape index (κ1) is 14.8. The molecule has 23 heavy (non-hydrogen) atoms. The highest BCUT2D eigenvalue weighted by Crippen LogP contribution is 2.18. The van der Waals surface area contributed by atoms with Crippen LogP contribution >= 0.6 is 0 Å². The third kappa shape index (κ3) is 2.91. The molecule has 118 valence electrons. The Hall–Kier alpha value is -3.16. The van der Waals surface area contributed by atoms with Crippen LogP contribution < -0.4 is 5.32 Å². The van der Waals surface area contributed by atoms with Crippen molar-refractivity contribution in [3.63, 3.8) is 0 Å². The van der Waals surface area contributed by atoms with Crippen LogP contribution in [0.2, 0.25) is 0 Å². The molecular weight excluding hydrogens is 300 g/mol. The monoisotopic (exact) mass is 314 g/mol. The van der Waals surface area contributed by atoms with Gasteiger partial charge in [-0.25, -0.2) is 9.31 Å². The Bertz CT molecular complexity index is 881. The van der Waals surface area contributed by atoms with Gasteiger partial charge in [0, 0.05) is 18.0 Å². The van der Waals surface area contributed by atoms with Gasteiger partial charge in [-0.1, -0.05) is 5.16 Å². The van der Waals surface area contributed by atoms with Gasteiger partial charge in [0.05, 0.1) is 18.3 Å². The molecule has 0 atom stereocenters. The van der Waals surface area contributed by atoms with Crippen molar-refractivity contribution in [3.05, 3.63) is 47.6 Å². The number of anilines is 1. The van der Waals surface area contributed by atoms with Crippen molar-refractivity contribution in [1.29, 1.82) is 0 Å². The molecule has 3 aromatic heterocycles. The summed E-state index contributed by atoms with van der Waals surface area (Å²) in [6, 6.07) is 4.85. The fourth-order valence-corrected chi connectivity index (χ4v) is 2.09. The lowest BCUT2D eigenvalue weighted by atomic mass is 10.2. The summed E-state index contributed by atoms with van der Waals surface area (Å²) in [5.41, 5.74) is 1.56. The maximum Gasteiger partial charge on any atom is 0.341 e. The Morgan fingerprint density at radius 3 is 2.91 bits per heavy atom. The van der Waals surface area contributed by atoms with Crippen LogP contribution in [0.25, 0.3) is 5.52 Å². The number of esters is 1. The summed E-state index contributed by atoms with van der Waals surface area (Å²) < 4.78 is 11.4. The number of rotatable bonds is 4. The van der Waals surface area contributed by atoms with Crippen LogP contribution in [-0.2, 0) is 4.74 Å². The van der Waals surface area contributed by atoms with Gasteiger partial charge in [-0.15, -0.1) is 0 Å². The molecule has 0 saturated carbocycles. The topological polar surface area (TPSA) is 98.7 Å². The quantitative estimate of drug-likeness (QED) is 0.740. The van der Waals surface area contributed by atoms with Crippen LogP contribution in [0.4, 0.5) is 5.69 Å². The number of hydrogen-bond acceptors (Lipinski definition) is 6. The van der Waals surface area contributed by atoms with Gasteiger partial charge >= 0.3 is 5.97 Å². The third-order valence-electron chi connectivity index (χ3n) is 3.14. The molecule has 3 aromatic rings. The van der Waals surface area contributed by atoms with Crippen molar-refractivity contribution in [3.8, 4) is 0 Å². The fourth-order valence-electron chi connectivity index (χ4n) is 2.09. The largest absolute Gasteiger partial charge is 0.462 e. The van der Waals surface area contributed by atoms with Gasteiger partial charge in [-0.3, -0.25) is 4.79 Å². The Kier molecular flexibility index (Phi) is 3.80. The van der Waals surface area contributed by atoms with Crippen LogP contribution in [-0.4, -0.2) is 33.3 Å². The summed E-state index contributed by atoms with van der Waals surface area (Å²) in [7, 11) is 0. The van der Waals surface area contributed by atoms with Crippen molar-refractivity contribution in [2.24, 2.45) is 0 Å². The molecule has 3 heterocycles. The van der Waals surface area contributed by atoms with E-state index in [1.165, 1.54) is 16.8 Å². The van der Waals surface area contributed by atoms with Crippen LogP contribution in [0, 0.1) is 6.92 Å². The van der Waals surface area contributed by atoms with Gasteiger partial charge < -0.3 is 14.6 Å². The van der Waals surface area contributed by atoms with Crippen molar-refractivity contribution in [2.75, 3.05) is 11.9 Å². The number of amides is 1. The number of carbonyl (C=O) groups is 2. The summed E-state index contributed by atoms with van der Waals surface area (Å²) in [5.74, 6) is -0.313. The normalized spacial score (nSPS) is 10.7. The second-order valence-electron chi connectivity index (χ2n) is 4.80. The lowest BCUT2D eigenvalue weighted by Gasteiger charge is -2.04. The number of nitrogens with one attached hydrogen (secondary N) is 1. The molecule has 1 amide bonds. The number of pyridine rings is 1. The first-order valence-corrected chi connectivity index (χ1v) is 6.97. The number of carbonyl (C=O) groups excluding carboxylic acids is 2. The standard InChI is InChI=1S/C15H14N4O4/c1-3-22-15(21)11-8-16-19-5-4-10(7-13(11)19)17-14(20)12-6-9(2)23-18-12/h4-8H,3H2,1-2H3,(H,17,20). The smallest absolute Gasteiger partial charge is 0.341 e. The van der Waals surface area contributed by atoms with E-state index in [-0.39, 0.29) is 12.3 Å². The molecule has 0 fully saturated rings. The van der Waals surface area contributed by atoms with E-state index in [1.54, 1.807) is 32.2 Å². The van der Waals surface area contributed by atoms with E-state index in [2.05, 4.69) is 15.6 Å². The van der Waals surface area contributed by atoms with Crippen LogP contribution in [0.3, 0.4) is 0 Å². The minimum Gasteiger partial charge on any atom is -0.462 e. The van der Waals surface area contributed by atoms with E-state index in [4.69, 9.17) is 9.26 Å². The van der Waals surface area contributed by atoms with E-state index >= 15 is 0 Å². The van der Waals surface area contributed by atoms with Gasteiger partial charge in [-0.2, -0.15) is 5.10 Å². The molecular formula is C15H14N4O4. The molecule has 0 radical (unpaired) electrons. The Morgan fingerprint density at radius 2 is 2.22 bits per heavy atom. The second-order valence-corrected chi connectivity index (χ2v) is 4.80. The van der Waals surface area contributed by atoms with Crippen LogP contribution in [0.5, 0.6) is 0 Å². The van der Waals surface area contributed by atoms with Gasteiger partial charge in [0.25, 0.3) is 5.91 Å². The molecule has 0 spiro atoms. The highest BCUT2D eigenvalue weighted by Gasteiger charge is 2.16. The lowest BCUT2D eigenvalue weighted by Crippen LogP contribution is -2.12. The van der Waals surface area contributed by atoms with E-state index in [0.29, 0.717) is 22.5 Å². The van der Waals surface area contributed by atoms with Crippen molar-refractivity contribution in [1.82, 2.24) is 14.8 Å². The number of aryl methyl sites for hydroxylation is 1. The highest BCUT2D eigenvalue weighted by molar-refractivity contribution is 6.04. The Labute approximate surface area is 131 Å². The minimum atomic E-state index is -0.460. The minimum absolute atomic E-state index is 0.182. The Balaban J connectivity index is 1.88. The maximum absolute atomic E-state index is 12.1.